The molecule has 0 fully saturated rings. The zero-order valence-electron chi connectivity index (χ0n) is 44.4. The Morgan fingerprint density at radius 3 is 2.29 bits per heavy atom. The van der Waals surface area contributed by atoms with E-state index in [1.54, 1.807) is 58.8 Å². The Kier molecular flexibility index (Phi) is 17.0. The largest absolute Gasteiger partial charge is 0.458 e. The average molecular weight is 1090 g/mol. The van der Waals surface area contributed by atoms with Crippen LogP contribution in [0.4, 0.5) is 0 Å². The molecule has 0 spiro atoms. The van der Waals surface area contributed by atoms with Crippen LogP contribution in [0.2, 0.25) is 0 Å². The number of nitrogens with zero attached hydrogens (tertiary/aromatic N) is 6. The van der Waals surface area contributed by atoms with Crippen LogP contribution in [0.15, 0.2) is 95.9 Å². The van der Waals surface area contributed by atoms with E-state index >= 15 is 0 Å². The Morgan fingerprint density at radius 2 is 1.52 bits per heavy atom. The third kappa shape index (κ3) is 12.2. The second-order valence-corrected chi connectivity index (χ2v) is 20.2. The molecule has 3 aromatic carbocycles. The summed E-state index contributed by atoms with van der Waals surface area (Å²) >= 11 is 0. The van der Waals surface area contributed by atoms with E-state index in [4.69, 9.17) is 14.5 Å². The van der Waals surface area contributed by atoms with Crippen LogP contribution < -0.4 is 32.1 Å². The molecule has 416 valence electrons. The first-order valence-corrected chi connectivity index (χ1v) is 26.5. The number of ether oxygens (including phenoxy) is 2. The summed E-state index contributed by atoms with van der Waals surface area (Å²) in [6.07, 6.45) is 5.33. The van der Waals surface area contributed by atoms with Crippen molar-refractivity contribution in [3.05, 3.63) is 135 Å². The van der Waals surface area contributed by atoms with Gasteiger partial charge in [0.15, 0.2) is 5.60 Å². The molecule has 0 radical (unpaired) electrons. The van der Waals surface area contributed by atoms with Crippen LogP contribution in [0.5, 0.6) is 0 Å². The number of esters is 1. The molecule has 0 saturated carbocycles. The van der Waals surface area contributed by atoms with Crippen molar-refractivity contribution in [1.29, 1.82) is 0 Å². The van der Waals surface area contributed by atoms with Crippen molar-refractivity contribution in [3.8, 4) is 11.4 Å². The Labute approximate surface area is 458 Å². The molecular weight excluding hydrogens is 1030 g/mol. The maximum absolute atomic E-state index is 14.1. The number of hydrogen-bond donors (Lipinski definition) is 6. The molecule has 0 saturated heterocycles. The standard InChI is InChI=1S/C57H61N11O12/c1-4-57(78)40-24-44-52-38(29-68(44)55(76)39(40)31-79-56(57)77)37(51-36-16-11-10-15-35(36)18-19-41(51)63-52)28-66-30-43(64-65-66)53(33(2)3)80-32-61-47(71)26-60-54(75)42(23-34-13-7-5-8-14-34)62-48(72)27-59-46(70)25-58-45(69)17-9-6-12-22-67-49(73)20-21-50(67)74/h5,7-8,10-11,13-16,18-21,24,30,33,42,53,78H,4,6,9,12,17,22-23,25-29,31-32H2,1-3H3,(H,58,69)(H,59,70)(H,60,75)(H,61,71)(H,62,72)/t42-,53?,57-/m0/s1. The van der Waals surface area contributed by atoms with Crippen molar-refractivity contribution in [2.45, 2.75) is 96.7 Å². The van der Waals surface area contributed by atoms with Crippen LogP contribution in [0, 0.1) is 5.92 Å². The first-order chi connectivity index (χ1) is 38.5. The van der Waals surface area contributed by atoms with Crippen molar-refractivity contribution in [1.82, 2.24) is 56.0 Å². The highest BCUT2D eigenvalue weighted by Gasteiger charge is 2.45. The van der Waals surface area contributed by atoms with Gasteiger partial charge in [0, 0.05) is 48.1 Å². The van der Waals surface area contributed by atoms with E-state index in [-0.39, 0.29) is 99.1 Å². The predicted molar refractivity (Wildman–Crippen MR) is 288 cm³/mol. The lowest BCUT2D eigenvalue weighted by Crippen LogP contribution is -2.52. The van der Waals surface area contributed by atoms with Gasteiger partial charge in [-0.25, -0.2) is 14.5 Å². The number of hydrogen-bond acceptors (Lipinski definition) is 15. The smallest absolute Gasteiger partial charge is 0.343 e. The molecule has 80 heavy (non-hydrogen) atoms. The monoisotopic (exact) mass is 1090 g/mol. The van der Waals surface area contributed by atoms with Gasteiger partial charge < -0.3 is 45.7 Å². The number of pyridine rings is 2. The van der Waals surface area contributed by atoms with Gasteiger partial charge in [-0.15, -0.1) is 5.10 Å². The molecule has 6 heterocycles. The van der Waals surface area contributed by atoms with Gasteiger partial charge in [-0.2, -0.15) is 0 Å². The van der Waals surface area contributed by atoms with Crippen molar-refractivity contribution >= 4 is 69.0 Å². The van der Waals surface area contributed by atoms with Crippen LogP contribution >= 0.6 is 0 Å². The van der Waals surface area contributed by atoms with E-state index in [9.17, 15) is 48.3 Å². The van der Waals surface area contributed by atoms with E-state index in [0.29, 0.717) is 41.9 Å². The van der Waals surface area contributed by atoms with Gasteiger partial charge >= 0.3 is 5.97 Å². The van der Waals surface area contributed by atoms with Gasteiger partial charge in [0.2, 0.25) is 29.5 Å². The fourth-order valence-electron chi connectivity index (χ4n) is 10.2. The van der Waals surface area contributed by atoms with E-state index in [1.807, 2.05) is 50.2 Å². The average Bonchev–Trinajstić information content (AvgIpc) is 4.23. The van der Waals surface area contributed by atoms with Crippen molar-refractivity contribution in [2.24, 2.45) is 5.92 Å². The zero-order chi connectivity index (χ0) is 56.7. The highest BCUT2D eigenvalue weighted by atomic mass is 16.6. The molecule has 6 N–H and O–H groups in total. The molecule has 0 bridgehead atoms. The number of carbonyl (C=O) groups excluding carboxylic acids is 8. The molecule has 6 aromatic rings. The number of unbranched alkanes of at least 4 members (excludes halogenated alkanes) is 2. The second-order valence-electron chi connectivity index (χ2n) is 20.2. The molecule has 0 aliphatic carbocycles. The van der Waals surface area contributed by atoms with Gasteiger partial charge in [0.1, 0.15) is 31.2 Å². The Morgan fingerprint density at radius 1 is 0.812 bits per heavy atom. The van der Waals surface area contributed by atoms with Gasteiger partial charge in [0.05, 0.1) is 61.4 Å². The summed E-state index contributed by atoms with van der Waals surface area (Å²) in [4.78, 5) is 121. The van der Waals surface area contributed by atoms with Crippen molar-refractivity contribution in [3.63, 3.8) is 0 Å². The molecule has 23 nitrogen and oxygen atoms in total. The summed E-state index contributed by atoms with van der Waals surface area (Å²) < 4.78 is 14.7. The van der Waals surface area contributed by atoms with E-state index in [0.717, 1.165) is 37.7 Å². The number of rotatable bonds is 24. The highest BCUT2D eigenvalue weighted by molar-refractivity contribution is 6.13. The molecule has 3 aliphatic heterocycles. The minimum atomic E-state index is -1.98. The lowest BCUT2D eigenvalue weighted by Gasteiger charge is -2.31. The second kappa shape index (κ2) is 24.4. The maximum atomic E-state index is 14.1. The molecule has 7 amide bonds. The van der Waals surface area contributed by atoms with E-state index in [2.05, 4.69) is 36.9 Å². The quantitative estimate of drug-likeness (QED) is 0.0166. The van der Waals surface area contributed by atoms with E-state index < -0.39 is 60.4 Å². The number of imide groups is 1. The Hall–Kier alpha value is -8.96. The van der Waals surface area contributed by atoms with Crippen molar-refractivity contribution in [2.75, 3.05) is 32.9 Å². The first-order valence-electron chi connectivity index (χ1n) is 26.5. The van der Waals surface area contributed by atoms with Crippen LogP contribution in [0.1, 0.15) is 92.5 Å². The van der Waals surface area contributed by atoms with Crippen LogP contribution in [-0.2, 0) is 79.5 Å². The van der Waals surface area contributed by atoms with Gasteiger partial charge in [-0.1, -0.05) is 93.1 Å². The van der Waals surface area contributed by atoms with Crippen LogP contribution in [0.25, 0.3) is 33.1 Å². The SMILES string of the molecule is CC[C@@]1(O)C(=O)OCc2c1cc1n(c2=O)Cc2c-1nc1ccc3ccccc3c1c2Cn1cc(C(OCNC(=O)CNC(=O)[C@H](Cc2ccccc2)NC(=O)CNC(=O)CNC(=O)CCCCCN2C(=O)C=CC2=O)C(C)C)nn1. The molecule has 3 aromatic heterocycles. The predicted octanol–water partition coefficient (Wildman–Crippen LogP) is 2.22. The number of amides is 7. The summed E-state index contributed by atoms with van der Waals surface area (Å²) in [5.41, 5.74) is 2.58. The number of cyclic esters (lactones) is 1. The molecule has 3 aliphatic rings. The fourth-order valence-corrected chi connectivity index (χ4v) is 10.2. The van der Waals surface area contributed by atoms with Gasteiger partial charge in [-0.05, 0) is 59.2 Å². The fraction of sp³-hybridized carbons (Fsp3) is 0.368. The molecule has 3 atom stereocenters. The third-order valence-corrected chi connectivity index (χ3v) is 14.4. The zero-order valence-corrected chi connectivity index (χ0v) is 44.4. The van der Waals surface area contributed by atoms with Crippen LogP contribution in [0.3, 0.4) is 0 Å². The first kappa shape index (κ1) is 55.8. The van der Waals surface area contributed by atoms with Crippen molar-refractivity contribution < 1.29 is 52.9 Å². The maximum Gasteiger partial charge on any atom is 0.343 e. The highest BCUT2D eigenvalue weighted by Crippen LogP contribution is 2.42. The number of aliphatic hydroxyl groups is 1. The number of nitrogens with one attached hydrogen (secondary N) is 5. The Bertz CT molecular complexity index is 3500. The molecule has 1 unspecified atom stereocenters. The molecule has 23 heteroatoms. The van der Waals surface area contributed by atoms with Gasteiger partial charge in [-0.3, -0.25) is 43.3 Å². The minimum Gasteiger partial charge on any atom is -0.458 e. The minimum absolute atomic E-state index is 0.0105. The topological polar surface area (TPSA) is 304 Å². The summed E-state index contributed by atoms with van der Waals surface area (Å²) in [7, 11) is 0. The number of benzene rings is 3. The number of aromatic nitrogens is 5. The molecular formula is C57H61N11O12. The lowest BCUT2D eigenvalue weighted by molar-refractivity contribution is -0.172. The normalized spacial score (nSPS) is 16.0. The lowest BCUT2D eigenvalue weighted by atomic mass is 9.86. The summed E-state index contributed by atoms with van der Waals surface area (Å²) in [5, 5.41) is 36.0. The van der Waals surface area contributed by atoms with Gasteiger partial charge in [0.25, 0.3) is 17.4 Å². The molecule has 9 rings (SSSR count). The van der Waals surface area contributed by atoms with E-state index in [1.165, 1.54) is 12.2 Å². The number of fused-ring (bicyclic) bond motifs is 7. The Balaban J connectivity index is 0.791. The summed E-state index contributed by atoms with van der Waals surface area (Å²) in [5.74, 6) is -4.62. The summed E-state index contributed by atoms with van der Waals surface area (Å²) in [6, 6.07) is 21.3. The summed E-state index contributed by atoms with van der Waals surface area (Å²) in [6.45, 7) is 4.30. The van der Waals surface area contributed by atoms with Crippen LogP contribution in [-0.4, -0.2) is 121 Å². The number of carbonyl (C=O) groups is 8. The third-order valence-electron chi connectivity index (χ3n) is 14.4.